The van der Waals surface area contributed by atoms with E-state index in [1.807, 2.05) is 0 Å². The van der Waals surface area contributed by atoms with Crippen LogP contribution in [0, 0.1) is 12.8 Å². The zero-order valence-electron chi connectivity index (χ0n) is 12.5. The monoisotopic (exact) mass is 261 g/mol. The standard InChI is InChI=1S/C17H27NO/c1-12-4-7-16(8-5-12)19-17-9-6-13(2)10-15(17)11-14(3)18/h6,9-10,12,14,16H,4-5,7-8,11,18H2,1-3H3. The molecule has 1 aliphatic rings. The molecule has 106 valence electrons. The third-order valence-corrected chi connectivity index (χ3v) is 4.01. The smallest absolute Gasteiger partial charge is 0.122 e. The van der Waals surface area contributed by atoms with E-state index in [9.17, 15) is 0 Å². The van der Waals surface area contributed by atoms with Crippen LogP contribution in [0.3, 0.4) is 0 Å². The Morgan fingerprint density at radius 2 is 1.95 bits per heavy atom. The van der Waals surface area contributed by atoms with Gasteiger partial charge in [0.15, 0.2) is 0 Å². The first-order valence-corrected chi connectivity index (χ1v) is 7.56. The third-order valence-electron chi connectivity index (χ3n) is 4.01. The highest BCUT2D eigenvalue weighted by Crippen LogP contribution is 2.29. The van der Waals surface area contributed by atoms with Crippen molar-refractivity contribution >= 4 is 0 Å². The lowest BCUT2D eigenvalue weighted by molar-refractivity contribution is 0.134. The van der Waals surface area contributed by atoms with Crippen molar-refractivity contribution in [2.75, 3.05) is 0 Å². The van der Waals surface area contributed by atoms with Crippen molar-refractivity contribution in [2.45, 2.75) is 65.0 Å². The predicted octanol–water partition coefficient (Wildman–Crippen LogP) is 3.84. The molecule has 1 atom stereocenters. The molecule has 2 rings (SSSR count). The van der Waals surface area contributed by atoms with Gasteiger partial charge in [0.1, 0.15) is 5.75 Å². The van der Waals surface area contributed by atoms with Crippen LogP contribution in [0.15, 0.2) is 18.2 Å². The van der Waals surface area contributed by atoms with Crippen molar-refractivity contribution in [2.24, 2.45) is 11.7 Å². The van der Waals surface area contributed by atoms with Gasteiger partial charge in [-0.3, -0.25) is 0 Å². The summed E-state index contributed by atoms with van der Waals surface area (Å²) in [4.78, 5) is 0. The summed E-state index contributed by atoms with van der Waals surface area (Å²) in [6.07, 6.45) is 6.24. The van der Waals surface area contributed by atoms with Crippen LogP contribution in [-0.4, -0.2) is 12.1 Å². The van der Waals surface area contributed by atoms with Gasteiger partial charge < -0.3 is 10.5 Å². The van der Waals surface area contributed by atoms with Gasteiger partial charge in [0.25, 0.3) is 0 Å². The Labute approximate surface area is 117 Å². The molecule has 1 aromatic carbocycles. The topological polar surface area (TPSA) is 35.2 Å². The van der Waals surface area contributed by atoms with Crippen molar-refractivity contribution in [3.63, 3.8) is 0 Å². The molecule has 1 fully saturated rings. The number of aryl methyl sites for hydroxylation is 1. The first kappa shape index (κ1) is 14.4. The van der Waals surface area contributed by atoms with E-state index in [1.54, 1.807) is 0 Å². The van der Waals surface area contributed by atoms with E-state index in [0.717, 1.165) is 18.1 Å². The highest BCUT2D eigenvalue weighted by atomic mass is 16.5. The Kier molecular flexibility index (Phi) is 4.87. The summed E-state index contributed by atoms with van der Waals surface area (Å²) in [5.41, 5.74) is 8.48. The molecule has 0 radical (unpaired) electrons. The molecule has 0 spiro atoms. The average Bonchev–Trinajstić information content (AvgIpc) is 2.34. The van der Waals surface area contributed by atoms with E-state index in [1.165, 1.54) is 36.8 Å². The van der Waals surface area contributed by atoms with Gasteiger partial charge >= 0.3 is 0 Å². The van der Waals surface area contributed by atoms with Gasteiger partial charge in [-0.15, -0.1) is 0 Å². The molecular formula is C17H27NO. The zero-order valence-corrected chi connectivity index (χ0v) is 12.5. The lowest BCUT2D eigenvalue weighted by Crippen LogP contribution is -2.24. The van der Waals surface area contributed by atoms with Crippen LogP contribution in [0.4, 0.5) is 0 Å². The van der Waals surface area contributed by atoms with Crippen LogP contribution < -0.4 is 10.5 Å². The summed E-state index contributed by atoms with van der Waals surface area (Å²) in [7, 11) is 0. The minimum absolute atomic E-state index is 0.176. The van der Waals surface area contributed by atoms with E-state index in [2.05, 4.69) is 39.0 Å². The summed E-state index contributed by atoms with van der Waals surface area (Å²) in [6, 6.07) is 6.64. The van der Waals surface area contributed by atoms with E-state index in [-0.39, 0.29) is 6.04 Å². The maximum Gasteiger partial charge on any atom is 0.122 e. The van der Waals surface area contributed by atoms with Crippen molar-refractivity contribution in [1.29, 1.82) is 0 Å². The molecule has 2 nitrogen and oxygen atoms in total. The summed E-state index contributed by atoms with van der Waals surface area (Å²) in [5.74, 6) is 1.91. The number of ether oxygens (including phenoxy) is 1. The van der Waals surface area contributed by atoms with Crippen LogP contribution in [0.25, 0.3) is 0 Å². The summed E-state index contributed by atoms with van der Waals surface area (Å²) in [5, 5.41) is 0. The number of nitrogens with two attached hydrogens (primary N) is 1. The normalized spacial score (nSPS) is 25.1. The van der Waals surface area contributed by atoms with Gasteiger partial charge in [0.05, 0.1) is 6.10 Å². The molecule has 0 bridgehead atoms. The molecule has 2 heteroatoms. The second-order valence-corrected chi connectivity index (χ2v) is 6.29. The van der Waals surface area contributed by atoms with Crippen LogP contribution in [0.5, 0.6) is 5.75 Å². The molecule has 1 saturated carbocycles. The van der Waals surface area contributed by atoms with Crippen molar-refractivity contribution in [1.82, 2.24) is 0 Å². The van der Waals surface area contributed by atoms with Crippen LogP contribution in [-0.2, 0) is 6.42 Å². The molecule has 0 aromatic heterocycles. The first-order chi connectivity index (χ1) is 9.04. The minimum Gasteiger partial charge on any atom is -0.490 e. The highest BCUT2D eigenvalue weighted by molar-refractivity contribution is 5.37. The largest absolute Gasteiger partial charge is 0.490 e. The number of hydrogen-bond donors (Lipinski definition) is 1. The molecule has 2 N–H and O–H groups in total. The Bertz CT molecular complexity index is 406. The lowest BCUT2D eigenvalue weighted by atomic mass is 9.89. The van der Waals surface area contributed by atoms with E-state index >= 15 is 0 Å². The Hall–Kier alpha value is -1.02. The van der Waals surface area contributed by atoms with Crippen molar-refractivity contribution in [3.8, 4) is 5.75 Å². The van der Waals surface area contributed by atoms with Gasteiger partial charge in [-0.2, -0.15) is 0 Å². The van der Waals surface area contributed by atoms with E-state index in [0.29, 0.717) is 6.10 Å². The Morgan fingerprint density at radius 1 is 1.26 bits per heavy atom. The van der Waals surface area contributed by atoms with E-state index < -0.39 is 0 Å². The van der Waals surface area contributed by atoms with Crippen molar-refractivity contribution < 1.29 is 4.74 Å². The molecule has 0 heterocycles. The Balaban J connectivity index is 2.06. The van der Waals surface area contributed by atoms with Crippen LogP contribution in [0.2, 0.25) is 0 Å². The molecular weight excluding hydrogens is 234 g/mol. The molecule has 0 amide bonds. The minimum atomic E-state index is 0.176. The molecule has 1 unspecified atom stereocenters. The third kappa shape index (κ3) is 4.24. The molecule has 0 aliphatic heterocycles. The average molecular weight is 261 g/mol. The summed E-state index contributed by atoms with van der Waals surface area (Å²) < 4.78 is 6.24. The number of benzene rings is 1. The van der Waals surface area contributed by atoms with Gasteiger partial charge in [-0.25, -0.2) is 0 Å². The molecule has 0 saturated heterocycles. The predicted molar refractivity (Wildman–Crippen MR) is 80.6 cm³/mol. The zero-order chi connectivity index (χ0) is 13.8. The van der Waals surface area contributed by atoms with Gasteiger partial charge in [0.2, 0.25) is 0 Å². The second-order valence-electron chi connectivity index (χ2n) is 6.29. The fourth-order valence-electron chi connectivity index (χ4n) is 2.86. The quantitative estimate of drug-likeness (QED) is 0.893. The SMILES string of the molecule is Cc1ccc(OC2CCC(C)CC2)c(CC(C)N)c1. The van der Waals surface area contributed by atoms with E-state index in [4.69, 9.17) is 10.5 Å². The van der Waals surface area contributed by atoms with Crippen LogP contribution in [0.1, 0.15) is 50.7 Å². The highest BCUT2D eigenvalue weighted by Gasteiger charge is 2.20. The molecule has 1 aromatic rings. The fourth-order valence-corrected chi connectivity index (χ4v) is 2.86. The van der Waals surface area contributed by atoms with Gasteiger partial charge in [-0.05, 0) is 63.5 Å². The number of rotatable bonds is 4. The maximum atomic E-state index is 6.24. The number of hydrogen-bond acceptors (Lipinski definition) is 2. The summed E-state index contributed by atoms with van der Waals surface area (Å²) >= 11 is 0. The Morgan fingerprint density at radius 3 is 2.58 bits per heavy atom. The van der Waals surface area contributed by atoms with Crippen molar-refractivity contribution in [3.05, 3.63) is 29.3 Å². The van der Waals surface area contributed by atoms with Gasteiger partial charge in [0, 0.05) is 6.04 Å². The lowest BCUT2D eigenvalue weighted by Gasteiger charge is -2.28. The molecule has 19 heavy (non-hydrogen) atoms. The fraction of sp³-hybridized carbons (Fsp3) is 0.647. The second kappa shape index (κ2) is 6.42. The molecule has 1 aliphatic carbocycles. The maximum absolute atomic E-state index is 6.24. The van der Waals surface area contributed by atoms with Gasteiger partial charge in [-0.1, -0.05) is 24.6 Å². The van der Waals surface area contributed by atoms with Crippen LogP contribution >= 0.6 is 0 Å². The first-order valence-electron chi connectivity index (χ1n) is 7.56. The summed E-state index contributed by atoms with van der Waals surface area (Å²) in [6.45, 7) is 6.51.